The van der Waals surface area contributed by atoms with Crippen LogP contribution in [0.3, 0.4) is 0 Å². The van der Waals surface area contributed by atoms with Crippen molar-refractivity contribution in [3.63, 3.8) is 0 Å². The SMILES string of the molecule is NC(=O)NCCCCCSCCCCCNC(N)=O. The summed E-state index contributed by atoms with van der Waals surface area (Å²) in [6.45, 7) is 1.35. The van der Waals surface area contributed by atoms with Gasteiger partial charge in [-0.2, -0.15) is 11.8 Å². The van der Waals surface area contributed by atoms with E-state index in [0.29, 0.717) is 13.1 Å². The molecule has 0 saturated heterocycles. The molecule has 0 spiro atoms. The molecule has 0 fully saturated rings. The first kappa shape index (κ1) is 17.9. The molecule has 0 saturated carbocycles. The van der Waals surface area contributed by atoms with Gasteiger partial charge in [0.25, 0.3) is 0 Å². The Bertz CT molecular complexity index is 228. The fourth-order valence-corrected chi connectivity index (χ4v) is 2.56. The lowest BCUT2D eigenvalue weighted by atomic mass is 10.2. The van der Waals surface area contributed by atoms with E-state index in [-0.39, 0.29) is 0 Å². The topological polar surface area (TPSA) is 110 Å². The fourth-order valence-electron chi connectivity index (χ4n) is 1.54. The summed E-state index contributed by atoms with van der Waals surface area (Å²) in [5.74, 6) is 2.33. The van der Waals surface area contributed by atoms with Crippen molar-refractivity contribution in [2.75, 3.05) is 24.6 Å². The molecule has 0 unspecified atom stereocenters. The molecule has 4 amide bonds. The van der Waals surface area contributed by atoms with Crippen LogP contribution in [0.25, 0.3) is 0 Å². The standard InChI is InChI=1S/C12H26N4O2S/c13-11(17)15-7-3-1-5-9-19-10-6-2-4-8-16-12(14)18/h1-10H2,(H3,13,15,17)(H3,14,16,18). The number of nitrogens with two attached hydrogens (primary N) is 2. The number of unbranched alkanes of at least 4 members (excludes halogenated alkanes) is 4. The minimum Gasteiger partial charge on any atom is -0.352 e. The number of urea groups is 2. The Morgan fingerprint density at radius 3 is 1.53 bits per heavy atom. The summed E-state index contributed by atoms with van der Waals surface area (Å²) in [7, 11) is 0. The number of carbonyl (C=O) groups is 2. The highest BCUT2D eigenvalue weighted by molar-refractivity contribution is 7.99. The second-order valence-electron chi connectivity index (χ2n) is 4.32. The zero-order chi connectivity index (χ0) is 14.3. The van der Waals surface area contributed by atoms with Crippen LogP contribution in [-0.2, 0) is 0 Å². The monoisotopic (exact) mass is 290 g/mol. The van der Waals surface area contributed by atoms with Crippen molar-refractivity contribution in [2.45, 2.75) is 38.5 Å². The molecule has 0 heterocycles. The number of nitrogens with one attached hydrogen (secondary N) is 2. The second kappa shape index (κ2) is 13.3. The number of hydrogen-bond acceptors (Lipinski definition) is 3. The van der Waals surface area contributed by atoms with Gasteiger partial charge in [0.05, 0.1) is 0 Å². The van der Waals surface area contributed by atoms with Gasteiger partial charge in [0.1, 0.15) is 0 Å². The number of hydrogen-bond donors (Lipinski definition) is 4. The molecule has 0 aliphatic heterocycles. The van der Waals surface area contributed by atoms with Crippen molar-refractivity contribution < 1.29 is 9.59 Å². The highest BCUT2D eigenvalue weighted by Gasteiger charge is 1.95. The van der Waals surface area contributed by atoms with Crippen molar-refractivity contribution in [2.24, 2.45) is 11.5 Å². The molecular weight excluding hydrogens is 264 g/mol. The maximum atomic E-state index is 10.4. The lowest BCUT2D eigenvalue weighted by Crippen LogP contribution is -2.29. The summed E-state index contributed by atoms with van der Waals surface area (Å²) < 4.78 is 0. The molecule has 0 aromatic heterocycles. The molecular formula is C12H26N4O2S. The Hall–Kier alpha value is -1.11. The van der Waals surface area contributed by atoms with Crippen LogP contribution in [0.2, 0.25) is 0 Å². The Morgan fingerprint density at radius 1 is 0.737 bits per heavy atom. The van der Waals surface area contributed by atoms with Crippen LogP contribution in [0.5, 0.6) is 0 Å². The lowest BCUT2D eigenvalue weighted by Gasteiger charge is -2.03. The number of primary amides is 2. The quantitative estimate of drug-likeness (QED) is 0.408. The van der Waals surface area contributed by atoms with Crippen molar-refractivity contribution >= 4 is 23.8 Å². The second-order valence-corrected chi connectivity index (χ2v) is 5.54. The van der Waals surface area contributed by atoms with Crippen molar-refractivity contribution in [3.8, 4) is 0 Å². The Kier molecular flexibility index (Phi) is 12.5. The zero-order valence-electron chi connectivity index (χ0n) is 11.5. The van der Waals surface area contributed by atoms with Gasteiger partial charge in [-0.3, -0.25) is 0 Å². The van der Waals surface area contributed by atoms with Gasteiger partial charge in [-0.1, -0.05) is 12.8 Å². The number of thioether (sulfide) groups is 1. The summed E-state index contributed by atoms with van der Waals surface area (Å²) in [6, 6.07) is -0.889. The van der Waals surface area contributed by atoms with Crippen LogP contribution in [0.1, 0.15) is 38.5 Å². The molecule has 0 atom stereocenters. The average Bonchev–Trinajstić information content (AvgIpc) is 2.34. The highest BCUT2D eigenvalue weighted by Crippen LogP contribution is 2.09. The van der Waals surface area contributed by atoms with Gasteiger partial charge in [0, 0.05) is 13.1 Å². The predicted octanol–water partition coefficient (Wildman–Crippen LogP) is 1.40. The third-order valence-electron chi connectivity index (χ3n) is 2.53. The van der Waals surface area contributed by atoms with E-state index in [1.807, 2.05) is 11.8 Å². The van der Waals surface area contributed by atoms with E-state index in [9.17, 15) is 9.59 Å². The largest absolute Gasteiger partial charge is 0.352 e. The van der Waals surface area contributed by atoms with Crippen LogP contribution < -0.4 is 22.1 Å². The average molecular weight is 290 g/mol. The van der Waals surface area contributed by atoms with E-state index in [2.05, 4.69) is 10.6 Å². The molecule has 6 nitrogen and oxygen atoms in total. The summed E-state index contributed by atoms with van der Waals surface area (Å²) in [5.41, 5.74) is 9.91. The summed E-state index contributed by atoms with van der Waals surface area (Å²) >= 11 is 1.96. The maximum absolute atomic E-state index is 10.4. The van der Waals surface area contributed by atoms with Gasteiger partial charge in [0.15, 0.2) is 0 Å². The molecule has 0 aromatic carbocycles. The van der Waals surface area contributed by atoms with E-state index in [1.165, 1.54) is 12.8 Å². The van der Waals surface area contributed by atoms with Gasteiger partial charge in [-0.25, -0.2) is 9.59 Å². The molecule has 0 bridgehead atoms. The molecule has 7 heteroatoms. The first-order valence-corrected chi connectivity index (χ1v) is 7.92. The first-order valence-electron chi connectivity index (χ1n) is 6.77. The molecule has 0 aliphatic rings. The molecule has 0 radical (unpaired) electrons. The summed E-state index contributed by atoms with van der Waals surface area (Å²) in [4.78, 5) is 20.8. The minimum atomic E-state index is -0.444. The predicted molar refractivity (Wildman–Crippen MR) is 80.2 cm³/mol. The third kappa shape index (κ3) is 16.9. The van der Waals surface area contributed by atoms with Crippen LogP contribution in [0.4, 0.5) is 9.59 Å². The van der Waals surface area contributed by atoms with Crippen LogP contribution in [-0.4, -0.2) is 36.7 Å². The number of rotatable bonds is 12. The fraction of sp³-hybridized carbons (Fsp3) is 0.833. The Morgan fingerprint density at radius 2 is 1.16 bits per heavy atom. The smallest absolute Gasteiger partial charge is 0.312 e. The third-order valence-corrected chi connectivity index (χ3v) is 3.68. The van der Waals surface area contributed by atoms with Crippen molar-refractivity contribution in [3.05, 3.63) is 0 Å². The van der Waals surface area contributed by atoms with Gasteiger partial charge in [-0.05, 0) is 37.2 Å². The Labute approximate surface area is 119 Å². The van der Waals surface area contributed by atoms with Crippen LogP contribution in [0, 0.1) is 0 Å². The first-order chi connectivity index (χ1) is 9.13. The number of amides is 4. The highest BCUT2D eigenvalue weighted by atomic mass is 32.2. The zero-order valence-corrected chi connectivity index (χ0v) is 12.3. The molecule has 112 valence electrons. The summed E-state index contributed by atoms with van der Waals surface area (Å²) in [5, 5.41) is 5.15. The van der Waals surface area contributed by atoms with Crippen LogP contribution in [0.15, 0.2) is 0 Å². The maximum Gasteiger partial charge on any atom is 0.312 e. The van der Waals surface area contributed by atoms with E-state index in [0.717, 1.165) is 37.2 Å². The minimum absolute atomic E-state index is 0.444. The van der Waals surface area contributed by atoms with E-state index >= 15 is 0 Å². The lowest BCUT2D eigenvalue weighted by molar-refractivity contribution is 0.248. The normalized spacial score (nSPS) is 10.1. The molecule has 6 N–H and O–H groups in total. The number of carbonyl (C=O) groups excluding carboxylic acids is 2. The van der Waals surface area contributed by atoms with E-state index < -0.39 is 12.1 Å². The molecule has 0 aliphatic carbocycles. The van der Waals surface area contributed by atoms with Gasteiger partial charge >= 0.3 is 12.1 Å². The van der Waals surface area contributed by atoms with E-state index in [1.54, 1.807) is 0 Å². The van der Waals surface area contributed by atoms with Crippen molar-refractivity contribution in [1.82, 2.24) is 10.6 Å². The van der Waals surface area contributed by atoms with Crippen LogP contribution >= 0.6 is 11.8 Å². The van der Waals surface area contributed by atoms with E-state index in [4.69, 9.17) is 11.5 Å². The molecule has 19 heavy (non-hydrogen) atoms. The molecule has 0 aromatic rings. The van der Waals surface area contributed by atoms with Gasteiger partial charge in [0.2, 0.25) is 0 Å². The summed E-state index contributed by atoms with van der Waals surface area (Å²) in [6.07, 6.45) is 6.57. The van der Waals surface area contributed by atoms with Gasteiger partial charge in [-0.15, -0.1) is 0 Å². The molecule has 0 rings (SSSR count). The van der Waals surface area contributed by atoms with Crippen molar-refractivity contribution in [1.29, 1.82) is 0 Å². The Balaban J connectivity index is 2.99. The van der Waals surface area contributed by atoms with Gasteiger partial charge < -0.3 is 22.1 Å².